The van der Waals surface area contributed by atoms with Gasteiger partial charge in [-0.15, -0.1) is 0 Å². The van der Waals surface area contributed by atoms with Crippen molar-refractivity contribution in [3.05, 3.63) is 0 Å². The van der Waals surface area contributed by atoms with E-state index in [1.54, 1.807) is 0 Å². The van der Waals surface area contributed by atoms with Crippen molar-refractivity contribution in [3.8, 4) is 0 Å². The van der Waals surface area contributed by atoms with Crippen molar-refractivity contribution in [2.75, 3.05) is 46.8 Å². The van der Waals surface area contributed by atoms with E-state index in [0.717, 1.165) is 32.6 Å². The third kappa shape index (κ3) is 11.0. The van der Waals surface area contributed by atoms with Crippen molar-refractivity contribution >= 4 is 17.8 Å². The molecule has 0 spiro atoms. The van der Waals surface area contributed by atoms with Gasteiger partial charge in [0.25, 0.3) is 0 Å². The number of carbonyl (C=O) groups excluding carboxylic acids is 1. The summed E-state index contributed by atoms with van der Waals surface area (Å²) in [4.78, 5) is 34.1. The Morgan fingerprint density at radius 3 is 2.05 bits per heavy atom. The molecule has 3 N–H and O–H groups in total. The van der Waals surface area contributed by atoms with E-state index in [0.29, 0.717) is 6.54 Å². The summed E-state index contributed by atoms with van der Waals surface area (Å²) < 4.78 is 0. The minimum atomic E-state index is -1.82. The molecule has 0 aromatic carbocycles. The van der Waals surface area contributed by atoms with E-state index < -0.39 is 11.9 Å². The highest BCUT2D eigenvalue weighted by atomic mass is 16.4. The average molecular weight is 317 g/mol. The zero-order valence-corrected chi connectivity index (χ0v) is 13.4. The normalized spacial score (nSPS) is 14.2. The summed E-state index contributed by atoms with van der Waals surface area (Å²) in [5, 5.41) is 18.0. The second kappa shape index (κ2) is 11.9. The molecular weight excluding hydrogens is 290 g/mol. The van der Waals surface area contributed by atoms with Gasteiger partial charge in [0.15, 0.2) is 0 Å². The second-order valence-electron chi connectivity index (χ2n) is 5.39. The van der Waals surface area contributed by atoms with Crippen LogP contribution in [0.3, 0.4) is 0 Å². The predicted octanol–water partition coefficient (Wildman–Crippen LogP) is -0.304. The maximum atomic E-state index is 11.7. The Labute approximate surface area is 131 Å². The molecule has 0 aromatic rings. The average Bonchev–Trinajstić information content (AvgIpc) is 2.47. The Balaban J connectivity index is 0.000000626. The molecule has 0 bridgehead atoms. The number of nitrogens with zero attached hydrogens (tertiary/aromatic N) is 2. The molecular formula is C14H27N3O5. The second-order valence-corrected chi connectivity index (χ2v) is 5.39. The van der Waals surface area contributed by atoms with Crippen LogP contribution >= 0.6 is 0 Å². The van der Waals surface area contributed by atoms with E-state index in [4.69, 9.17) is 19.8 Å². The first kappa shape index (κ1) is 20.3. The number of nitrogens with one attached hydrogen (secondary N) is 1. The molecule has 0 saturated carbocycles. The van der Waals surface area contributed by atoms with Crippen LogP contribution in [0.1, 0.15) is 25.7 Å². The fraction of sp³-hybridized carbons (Fsp3) is 0.786. The summed E-state index contributed by atoms with van der Waals surface area (Å²) in [5.74, 6) is -3.38. The van der Waals surface area contributed by atoms with Gasteiger partial charge in [0.05, 0.1) is 6.54 Å². The van der Waals surface area contributed by atoms with Crippen molar-refractivity contribution in [2.24, 2.45) is 0 Å². The highest BCUT2D eigenvalue weighted by Gasteiger charge is 2.15. The van der Waals surface area contributed by atoms with Crippen LogP contribution in [0.25, 0.3) is 0 Å². The Morgan fingerprint density at radius 1 is 1.05 bits per heavy atom. The highest BCUT2D eigenvalue weighted by molar-refractivity contribution is 6.27. The minimum Gasteiger partial charge on any atom is -0.473 e. The summed E-state index contributed by atoms with van der Waals surface area (Å²) in [6, 6.07) is 0. The summed E-state index contributed by atoms with van der Waals surface area (Å²) >= 11 is 0. The molecule has 1 rings (SSSR count). The standard InChI is InChI=1S/C12H25N3O.C2H2O4/c1-14(2)8-6-7-13-11-12(16)15-9-4-3-5-10-15;3-1(4)2(5)6/h13H,3-11H2,1-2H3;(H,3,4)(H,5,6). The number of hydrogen-bond acceptors (Lipinski definition) is 5. The molecule has 0 radical (unpaired) electrons. The summed E-state index contributed by atoms with van der Waals surface area (Å²) in [6.07, 6.45) is 4.72. The number of hydrogen-bond donors (Lipinski definition) is 3. The van der Waals surface area contributed by atoms with Crippen LogP contribution in [-0.2, 0) is 14.4 Å². The number of carbonyl (C=O) groups is 3. The van der Waals surface area contributed by atoms with Crippen LogP contribution in [0.5, 0.6) is 0 Å². The monoisotopic (exact) mass is 317 g/mol. The van der Waals surface area contributed by atoms with E-state index in [2.05, 4.69) is 24.3 Å². The van der Waals surface area contributed by atoms with E-state index in [-0.39, 0.29) is 5.91 Å². The lowest BCUT2D eigenvalue weighted by Crippen LogP contribution is -2.41. The van der Waals surface area contributed by atoms with Gasteiger partial charge in [-0.1, -0.05) is 0 Å². The van der Waals surface area contributed by atoms with Crippen LogP contribution in [0.15, 0.2) is 0 Å². The SMILES string of the molecule is CN(C)CCCNCC(=O)N1CCCCC1.O=C(O)C(=O)O. The Kier molecular flexibility index (Phi) is 11.0. The molecule has 1 amide bonds. The summed E-state index contributed by atoms with van der Waals surface area (Å²) in [6.45, 7) is 4.42. The van der Waals surface area contributed by atoms with Crippen LogP contribution in [0, 0.1) is 0 Å². The molecule has 8 heteroatoms. The van der Waals surface area contributed by atoms with Crippen molar-refractivity contribution in [3.63, 3.8) is 0 Å². The number of piperidine rings is 1. The zero-order valence-electron chi connectivity index (χ0n) is 13.4. The first-order chi connectivity index (χ1) is 10.3. The molecule has 0 aliphatic carbocycles. The predicted molar refractivity (Wildman–Crippen MR) is 81.7 cm³/mol. The Morgan fingerprint density at radius 2 is 1.59 bits per heavy atom. The number of carboxylic acids is 2. The lowest BCUT2D eigenvalue weighted by Gasteiger charge is -2.26. The van der Waals surface area contributed by atoms with Crippen LogP contribution in [0.2, 0.25) is 0 Å². The van der Waals surface area contributed by atoms with Gasteiger partial charge in [0, 0.05) is 13.1 Å². The van der Waals surface area contributed by atoms with E-state index in [9.17, 15) is 4.79 Å². The van der Waals surface area contributed by atoms with Crippen LogP contribution in [-0.4, -0.2) is 84.7 Å². The fourth-order valence-corrected chi connectivity index (χ4v) is 1.97. The number of rotatable bonds is 6. The highest BCUT2D eigenvalue weighted by Crippen LogP contribution is 2.08. The van der Waals surface area contributed by atoms with Crippen molar-refractivity contribution < 1.29 is 24.6 Å². The molecule has 22 heavy (non-hydrogen) atoms. The van der Waals surface area contributed by atoms with Gasteiger partial charge in [-0.2, -0.15) is 0 Å². The molecule has 1 fully saturated rings. The van der Waals surface area contributed by atoms with Gasteiger partial charge in [0.1, 0.15) is 0 Å². The molecule has 1 heterocycles. The van der Waals surface area contributed by atoms with Gasteiger partial charge in [-0.3, -0.25) is 4.79 Å². The fourth-order valence-electron chi connectivity index (χ4n) is 1.97. The van der Waals surface area contributed by atoms with Crippen LogP contribution in [0.4, 0.5) is 0 Å². The van der Waals surface area contributed by atoms with Crippen molar-refractivity contribution in [2.45, 2.75) is 25.7 Å². The van der Waals surface area contributed by atoms with E-state index >= 15 is 0 Å². The number of aliphatic carboxylic acids is 2. The van der Waals surface area contributed by atoms with E-state index in [1.165, 1.54) is 19.3 Å². The maximum absolute atomic E-state index is 11.7. The van der Waals surface area contributed by atoms with Crippen molar-refractivity contribution in [1.82, 2.24) is 15.1 Å². The molecule has 0 unspecified atom stereocenters. The van der Waals surface area contributed by atoms with E-state index in [1.807, 2.05) is 4.90 Å². The maximum Gasteiger partial charge on any atom is 0.414 e. The molecule has 0 aromatic heterocycles. The Hall–Kier alpha value is -1.67. The first-order valence-electron chi connectivity index (χ1n) is 7.44. The summed E-state index contributed by atoms with van der Waals surface area (Å²) in [5.41, 5.74) is 0. The third-order valence-corrected chi connectivity index (χ3v) is 3.13. The van der Waals surface area contributed by atoms with Crippen molar-refractivity contribution in [1.29, 1.82) is 0 Å². The van der Waals surface area contributed by atoms with Gasteiger partial charge in [-0.05, 0) is 52.9 Å². The number of likely N-dealkylation sites (tertiary alicyclic amines) is 1. The van der Waals surface area contributed by atoms with Gasteiger partial charge >= 0.3 is 11.9 Å². The number of carboxylic acid groups (broad SMARTS) is 2. The van der Waals surface area contributed by atoms with Gasteiger partial charge < -0.3 is 25.3 Å². The molecule has 8 nitrogen and oxygen atoms in total. The lowest BCUT2D eigenvalue weighted by atomic mass is 10.1. The topological polar surface area (TPSA) is 110 Å². The third-order valence-electron chi connectivity index (χ3n) is 3.13. The van der Waals surface area contributed by atoms with Crippen LogP contribution < -0.4 is 5.32 Å². The van der Waals surface area contributed by atoms with Gasteiger partial charge in [0.2, 0.25) is 5.91 Å². The largest absolute Gasteiger partial charge is 0.473 e. The Bertz CT molecular complexity index is 342. The first-order valence-corrected chi connectivity index (χ1v) is 7.44. The zero-order chi connectivity index (χ0) is 17.0. The minimum absolute atomic E-state index is 0.268. The molecule has 128 valence electrons. The smallest absolute Gasteiger partial charge is 0.414 e. The lowest BCUT2D eigenvalue weighted by molar-refractivity contribution is -0.159. The van der Waals surface area contributed by atoms with Gasteiger partial charge in [-0.25, -0.2) is 9.59 Å². The molecule has 1 aliphatic heterocycles. The quantitative estimate of drug-likeness (QED) is 0.455. The molecule has 0 atom stereocenters. The molecule has 1 saturated heterocycles. The summed E-state index contributed by atoms with van der Waals surface area (Å²) in [7, 11) is 4.14. The number of amides is 1. The molecule has 1 aliphatic rings.